The number of rotatable bonds is 4. The van der Waals surface area contributed by atoms with Gasteiger partial charge in [0, 0.05) is 29.9 Å². The summed E-state index contributed by atoms with van der Waals surface area (Å²) in [4.78, 5) is 36.4. The van der Waals surface area contributed by atoms with E-state index in [1.165, 1.54) is 6.42 Å². The van der Waals surface area contributed by atoms with Crippen molar-refractivity contribution in [3.05, 3.63) is 77.7 Å². The molecule has 6 heteroatoms. The van der Waals surface area contributed by atoms with Gasteiger partial charge >= 0.3 is 0 Å². The number of para-hydroxylation sites is 1. The number of likely N-dealkylation sites (tertiary alicyclic amines) is 1. The molecule has 0 bridgehead atoms. The number of anilines is 1. The lowest BCUT2D eigenvalue weighted by Crippen LogP contribution is -2.35. The highest BCUT2D eigenvalue weighted by Crippen LogP contribution is 2.21. The number of aryl methyl sites for hydroxylation is 1. The molecule has 30 heavy (non-hydrogen) atoms. The first-order valence-corrected chi connectivity index (χ1v) is 10.2. The van der Waals surface area contributed by atoms with Gasteiger partial charge in [-0.3, -0.25) is 14.6 Å². The molecule has 0 saturated carbocycles. The Morgan fingerprint density at radius 1 is 0.967 bits per heavy atom. The Bertz CT molecular complexity index is 1060. The fourth-order valence-corrected chi connectivity index (χ4v) is 3.61. The van der Waals surface area contributed by atoms with Crippen molar-refractivity contribution in [2.75, 3.05) is 18.4 Å². The zero-order chi connectivity index (χ0) is 20.9. The van der Waals surface area contributed by atoms with Gasteiger partial charge in [0.05, 0.1) is 17.6 Å². The molecule has 1 aliphatic heterocycles. The van der Waals surface area contributed by atoms with Gasteiger partial charge in [-0.1, -0.05) is 30.3 Å². The van der Waals surface area contributed by atoms with Crippen LogP contribution in [0.5, 0.6) is 0 Å². The van der Waals surface area contributed by atoms with Crippen LogP contribution in [-0.2, 0) is 0 Å². The number of hydrogen-bond donors (Lipinski definition) is 1. The van der Waals surface area contributed by atoms with Crippen LogP contribution in [0.15, 0.2) is 60.8 Å². The smallest absolute Gasteiger partial charge is 0.276 e. The minimum absolute atomic E-state index is 0.0404. The molecule has 1 saturated heterocycles. The van der Waals surface area contributed by atoms with E-state index in [9.17, 15) is 9.59 Å². The second kappa shape index (κ2) is 8.86. The van der Waals surface area contributed by atoms with E-state index in [-0.39, 0.29) is 17.5 Å². The van der Waals surface area contributed by atoms with Crippen molar-refractivity contribution < 1.29 is 9.59 Å². The summed E-state index contributed by atoms with van der Waals surface area (Å²) in [7, 11) is 0. The van der Waals surface area contributed by atoms with Gasteiger partial charge in [-0.15, -0.1) is 0 Å². The first-order chi connectivity index (χ1) is 14.6. The lowest BCUT2D eigenvalue weighted by atomic mass is 10.1. The largest absolute Gasteiger partial charge is 0.339 e. The monoisotopic (exact) mass is 400 g/mol. The number of piperidine rings is 1. The minimum atomic E-state index is -0.311. The molecule has 6 nitrogen and oxygen atoms in total. The van der Waals surface area contributed by atoms with Gasteiger partial charge in [0.15, 0.2) is 0 Å². The van der Waals surface area contributed by atoms with Gasteiger partial charge in [-0.05, 0) is 50.5 Å². The molecule has 1 aromatic heterocycles. The highest BCUT2D eigenvalue weighted by atomic mass is 16.2. The maximum atomic E-state index is 12.8. The number of benzene rings is 2. The van der Waals surface area contributed by atoms with Gasteiger partial charge in [0.1, 0.15) is 5.69 Å². The Balaban J connectivity index is 1.59. The van der Waals surface area contributed by atoms with Crippen LogP contribution in [-0.4, -0.2) is 39.8 Å². The summed E-state index contributed by atoms with van der Waals surface area (Å²) in [6.45, 7) is 3.36. The second-order valence-corrected chi connectivity index (χ2v) is 7.44. The van der Waals surface area contributed by atoms with E-state index in [4.69, 9.17) is 0 Å². The molecule has 0 unspecified atom stereocenters. The van der Waals surface area contributed by atoms with E-state index >= 15 is 0 Å². The van der Waals surface area contributed by atoms with Crippen molar-refractivity contribution in [2.24, 2.45) is 0 Å². The molecule has 2 aromatic carbocycles. The summed E-state index contributed by atoms with van der Waals surface area (Å²) in [5.74, 6) is -0.271. The number of aromatic nitrogens is 2. The van der Waals surface area contributed by atoms with Crippen LogP contribution in [0.1, 0.15) is 45.8 Å². The normalized spacial score (nSPS) is 13.7. The van der Waals surface area contributed by atoms with Crippen molar-refractivity contribution in [3.63, 3.8) is 0 Å². The number of nitrogens with zero attached hydrogens (tertiary/aromatic N) is 3. The van der Waals surface area contributed by atoms with Crippen LogP contribution < -0.4 is 5.32 Å². The first kappa shape index (κ1) is 19.8. The molecule has 1 fully saturated rings. The van der Waals surface area contributed by atoms with E-state index in [0.29, 0.717) is 22.6 Å². The van der Waals surface area contributed by atoms with E-state index in [1.807, 2.05) is 59.5 Å². The standard InChI is InChI=1S/C24H24N4O2/c1-17-22(23(29)26-20-11-4-2-5-12-20)27-21(16-25-17)18-9-8-10-19(15-18)24(30)28-13-6-3-7-14-28/h2,4-5,8-12,15-16H,3,6-7,13-14H2,1H3,(H,26,29). The molecular weight excluding hydrogens is 376 g/mol. The summed E-state index contributed by atoms with van der Waals surface area (Å²) in [5.41, 5.74) is 3.47. The van der Waals surface area contributed by atoms with Gasteiger partial charge in [0.25, 0.3) is 11.8 Å². The number of carbonyl (C=O) groups is 2. The minimum Gasteiger partial charge on any atom is -0.339 e. The molecule has 152 valence electrons. The first-order valence-electron chi connectivity index (χ1n) is 10.2. The molecule has 1 aliphatic rings. The van der Waals surface area contributed by atoms with E-state index in [1.54, 1.807) is 13.1 Å². The Morgan fingerprint density at radius 2 is 1.73 bits per heavy atom. The van der Waals surface area contributed by atoms with Crippen LogP contribution in [0.25, 0.3) is 11.3 Å². The molecule has 2 amide bonds. The zero-order valence-electron chi connectivity index (χ0n) is 17.0. The zero-order valence-corrected chi connectivity index (χ0v) is 17.0. The maximum absolute atomic E-state index is 12.8. The summed E-state index contributed by atoms with van der Waals surface area (Å²) < 4.78 is 0. The Kier molecular flexibility index (Phi) is 5.84. The fourth-order valence-electron chi connectivity index (χ4n) is 3.61. The number of carbonyl (C=O) groups excluding carboxylic acids is 2. The van der Waals surface area contributed by atoms with Crippen LogP contribution in [0.3, 0.4) is 0 Å². The van der Waals surface area contributed by atoms with Crippen molar-refractivity contribution >= 4 is 17.5 Å². The Labute approximate surface area is 176 Å². The fraction of sp³-hybridized carbons (Fsp3) is 0.250. The predicted octanol–water partition coefficient (Wildman–Crippen LogP) is 4.33. The number of amides is 2. The van der Waals surface area contributed by atoms with Crippen LogP contribution in [0.2, 0.25) is 0 Å². The Morgan fingerprint density at radius 3 is 2.50 bits per heavy atom. The van der Waals surface area contributed by atoms with Gasteiger partial charge in [-0.25, -0.2) is 4.98 Å². The second-order valence-electron chi connectivity index (χ2n) is 7.44. The Hall–Kier alpha value is -3.54. The summed E-state index contributed by atoms with van der Waals surface area (Å²) in [5, 5.41) is 2.85. The van der Waals surface area contributed by atoms with Crippen molar-refractivity contribution in [1.29, 1.82) is 0 Å². The SMILES string of the molecule is Cc1ncc(-c2cccc(C(=O)N3CCCCC3)c2)nc1C(=O)Nc1ccccc1. The summed E-state index contributed by atoms with van der Waals surface area (Å²) >= 11 is 0. The maximum Gasteiger partial charge on any atom is 0.276 e. The lowest BCUT2D eigenvalue weighted by molar-refractivity contribution is 0.0724. The van der Waals surface area contributed by atoms with Gasteiger partial charge in [-0.2, -0.15) is 0 Å². The van der Waals surface area contributed by atoms with Crippen LogP contribution in [0.4, 0.5) is 5.69 Å². The van der Waals surface area contributed by atoms with E-state index < -0.39 is 0 Å². The van der Waals surface area contributed by atoms with E-state index in [0.717, 1.165) is 31.5 Å². The molecule has 0 aliphatic carbocycles. The molecule has 4 rings (SSSR count). The summed E-state index contributed by atoms with van der Waals surface area (Å²) in [6.07, 6.45) is 4.92. The highest BCUT2D eigenvalue weighted by molar-refractivity contribution is 6.03. The van der Waals surface area contributed by atoms with E-state index in [2.05, 4.69) is 15.3 Å². The third-order valence-corrected chi connectivity index (χ3v) is 5.25. The summed E-state index contributed by atoms with van der Waals surface area (Å²) in [6, 6.07) is 16.6. The molecule has 0 atom stereocenters. The number of nitrogens with one attached hydrogen (secondary N) is 1. The number of hydrogen-bond acceptors (Lipinski definition) is 4. The van der Waals surface area contributed by atoms with Crippen molar-refractivity contribution in [1.82, 2.24) is 14.9 Å². The molecule has 2 heterocycles. The third-order valence-electron chi connectivity index (χ3n) is 5.25. The predicted molar refractivity (Wildman–Crippen MR) is 116 cm³/mol. The molecule has 3 aromatic rings. The molecule has 1 N–H and O–H groups in total. The molecule has 0 spiro atoms. The van der Waals surface area contributed by atoms with Gasteiger partial charge in [0.2, 0.25) is 0 Å². The van der Waals surface area contributed by atoms with Crippen LogP contribution >= 0.6 is 0 Å². The van der Waals surface area contributed by atoms with Crippen molar-refractivity contribution in [2.45, 2.75) is 26.2 Å². The average Bonchev–Trinajstić information content (AvgIpc) is 2.80. The van der Waals surface area contributed by atoms with Gasteiger partial charge < -0.3 is 10.2 Å². The highest BCUT2D eigenvalue weighted by Gasteiger charge is 2.19. The molecule has 0 radical (unpaired) electrons. The molecular formula is C24H24N4O2. The average molecular weight is 400 g/mol. The third kappa shape index (κ3) is 4.38. The lowest BCUT2D eigenvalue weighted by Gasteiger charge is -2.26. The van der Waals surface area contributed by atoms with Crippen molar-refractivity contribution in [3.8, 4) is 11.3 Å². The van der Waals surface area contributed by atoms with Crippen LogP contribution in [0, 0.1) is 6.92 Å². The quantitative estimate of drug-likeness (QED) is 0.707. The topological polar surface area (TPSA) is 75.2 Å².